The second-order valence-electron chi connectivity index (χ2n) is 4.56. The summed E-state index contributed by atoms with van der Waals surface area (Å²) in [5.74, 6) is 2.14. The molecule has 0 unspecified atom stereocenters. The predicted octanol–water partition coefficient (Wildman–Crippen LogP) is 2.67. The van der Waals surface area contributed by atoms with Crippen LogP contribution in [-0.4, -0.2) is 17.1 Å². The average molecular weight is 245 g/mol. The minimum Gasteiger partial charge on any atom is -0.496 e. The molecule has 4 heteroatoms. The van der Waals surface area contributed by atoms with E-state index in [0.717, 1.165) is 22.8 Å². The van der Waals surface area contributed by atoms with Crippen molar-refractivity contribution in [3.63, 3.8) is 0 Å². The van der Waals surface area contributed by atoms with Gasteiger partial charge in [-0.3, -0.25) is 0 Å². The Balaban J connectivity index is 2.42. The van der Waals surface area contributed by atoms with E-state index in [4.69, 9.17) is 10.5 Å². The number of rotatable bonds is 4. The molecule has 1 heterocycles. The first-order chi connectivity index (χ1) is 8.65. The van der Waals surface area contributed by atoms with Crippen LogP contribution in [-0.2, 0) is 6.54 Å². The molecule has 18 heavy (non-hydrogen) atoms. The van der Waals surface area contributed by atoms with Gasteiger partial charge in [0.05, 0.1) is 25.5 Å². The fourth-order valence-corrected chi connectivity index (χ4v) is 1.97. The SMILES string of the molecule is COc1ccc(-c2cnc(CN)[nH]2)cc1C(C)C. The van der Waals surface area contributed by atoms with Crippen molar-refractivity contribution in [1.29, 1.82) is 0 Å². The Morgan fingerprint density at radius 1 is 1.39 bits per heavy atom. The van der Waals surface area contributed by atoms with E-state index in [1.807, 2.05) is 18.3 Å². The maximum atomic E-state index is 5.55. The number of nitrogens with zero attached hydrogens (tertiary/aromatic N) is 1. The summed E-state index contributed by atoms with van der Waals surface area (Å²) in [6, 6.07) is 6.16. The zero-order valence-electron chi connectivity index (χ0n) is 11.0. The molecule has 4 nitrogen and oxygen atoms in total. The lowest BCUT2D eigenvalue weighted by molar-refractivity contribution is 0.407. The van der Waals surface area contributed by atoms with E-state index in [2.05, 4.69) is 29.9 Å². The molecule has 3 N–H and O–H groups in total. The summed E-state index contributed by atoms with van der Waals surface area (Å²) in [6.07, 6.45) is 1.81. The number of nitrogens with two attached hydrogens (primary N) is 1. The van der Waals surface area contributed by atoms with Crippen LogP contribution in [0.2, 0.25) is 0 Å². The van der Waals surface area contributed by atoms with E-state index >= 15 is 0 Å². The van der Waals surface area contributed by atoms with E-state index in [0.29, 0.717) is 12.5 Å². The minimum atomic E-state index is 0.414. The molecule has 1 aromatic heterocycles. The number of methoxy groups -OCH3 is 1. The molecule has 0 aliphatic carbocycles. The van der Waals surface area contributed by atoms with Gasteiger partial charge in [-0.25, -0.2) is 4.98 Å². The molecule has 1 aromatic carbocycles. The van der Waals surface area contributed by atoms with Crippen LogP contribution in [0.1, 0.15) is 31.2 Å². The topological polar surface area (TPSA) is 63.9 Å². The molecule has 0 aliphatic rings. The molecule has 0 aliphatic heterocycles. The Kier molecular flexibility index (Phi) is 3.67. The maximum absolute atomic E-state index is 5.55. The molecule has 96 valence electrons. The van der Waals surface area contributed by atoms with Gasteiger partial charge >= 0.3 is 0 Å². The summed E-state index contributed by atoms with van der Waals surface area (Å²) in [6.45, 7) is 4.73. The highest BCUT2D eigenvalue weighted by Gasteiger charge is 2.10. The Morgan fingerprint density at radius 2 is 2.17 bits per heavy atom. The normalized spacial score (nSPS) is 10.9. The third-order valence-electron chi connectivity index (χ3n) is 2.98. The van der Waals surface area contributed by atoms with Crippen LogP contribution in [0.5, 0.6) is 5.75 Å². The average Bonchev–Trinajstić information content (AvgIpc) is 2.86. The molecule has 0 bridgehead atoms. The number of nitrogens with one attached hydrogen (secondary N) is 1. The number of ether oxygens (including phenoxy) is 1. The van der Waals surface area contributed by atoms with Crippen molar-refractivity contribution in [2.45, 2.75) is 26.3 Å². The largest absolute Gasteiger partial charge is 0.496 e. The smallest absolute Gasteiger partial charge is 0.122 e. The van der Waals surface area contributed by atoms with Gasteiger partial charge in [0.25, 0.3) is 0 Å². The van der Waals surface area contributed by atoms with Gasteiger partial charge in [-0.15, -0.1) is 0 Å². The number of hydrogen-bond acceptors (Lipinski definition) is 3. The first-order valence-corrected chi connectivity index (χ1v) is 6.08. The van der Waals surface area contributed by atoms with Crippen molar-refractivity contribution in [3.05, 3.63) is 35.8 Å². The molecule has 2 rings (SSSR count). The molecule has 0 atom stereocenters. The van der Waals surface area contributed by atoms with Crippen LogP contribution in [0.15, 0.2) is 24.4 Å². The minimum absolute atomic E-state index is 0.414. The monoisotopic (exact) mass is 245 g/mol. The highest BCUT2D eigenvalue weighted by molar-refractivity contribution is 5.62. The van der Waals surface area contributed by atoms with Gasteiger partial charge in [-0.2, -0.15) is 0 Å². The number of imidazole rings is 1. The quantitative estimate of drug-likeness (QED) is 0.870. The Hall–Kier alpha value is -1.81. The zero-order chi connectivity index (χ0) is 13.1. The second kappa shape index (κ2) is 5.23. The number of aromatic nitrogens is 2. The molecule has 0 saturated heterocycles. The van der Waals surface area contributed by atoms with Crippen molar-refractivity contribution in [3.8, 4) is 17.0 Å². The standard InChI is InChI=1S/C14H19N3O/c1-9(2)11-6-10(4-5-13(11)18-3)12-8-16-14(7-15)17-12/h4-6,8-9H,7,15H2,1-3H3,(H,16,17). The molecule has 2 aromatic rings. The first kappa shape index (κ1) is 12.6. The van der Waals surface area contributed by atoms with Gasteiger partial charge in [0, 0.05) is 5.56 Å². The first-order valence-electron chi connectivity index (χ1n) is 6.08. The van der Waals surface area contributed by atoms with Crippen molar-refractivity contribution in [2.75, 3.05) is 7.11 Å². The summed E-state index contributed by atoms with van der Waals surface area (Å²) in [4.78, 5) is 7.42. The van der Waals surface area contributed by atoms with E-state index in [1.165, 1.54) is 5.56 Å². The lowest BCUT2D eigenvalue weighted by atomic mass is 9.98. The van der Waals surface area contributed by atoms with Gasteiger partial charge in [0.15, 0.2) is 0 Å². The highest BCUT2D eigenvalue weighted by Crippen LogP contribution is 2.30. The lowest BCUT2D eigenvalue weighted by Crippen LogP contribution is -1.98. The second-order valence-corrected chi connectivity index (χ2v) is 4.56. The van der Waals surface area contributed by atoms with Crippen molar-refractivity contribution in [1.82, 2.24) is 9.97 Å². The van der Waals surface area contributed by atoms with Gasteiger partial charge in [-0.1, -0.05) is 13.8 Å². The van der Waals surface area contributed by atoms with E-state index in [9.17, 15) is 0 Å². The van der Waals surface area contributed by atoms with Crippen LogP contribution < -0.4 is 10.5 Å². The molecule has 0 saturated carbocycles. The fourth-order valence-electron chi connectivity index (χ4n) is 1.97. The summed E-state index contributed by atoms with van der Waals surface area (Å²) in [5.41, 5.74) is 8.83. The maximum Gasteiger partial charge on any atom is 0.122 e. The van der Waals surface area contributed by atoms with Gasteiger partial charge in [-0.05, 0) is 29.7 Å². The summed E-state index contributed by atoms with van der Waals surface area (Å²) in [5, 5.41) is 0. The third-order valence-corrected chi connectivity index (χ3v) is 2.98. The van der Waals surface area contributed by atoms with E-state index in [-0.39, 0.29) is 0 Å². The highest BCUT2D eigenvalue weighted by atomic mass is 16.5. The molecular weight excluding hydrogens is 226 g/mol. The van der Waals surface area contributed by atoms with Crippen molar-refractivity contribution >= 4 is 0 Å². The van der Waals surface area contributed by atoms with Crippen LogP contribution in [0.25, 0.3) is 11.3 Å². The number of aromatic amines is 1. The number of benzene rings is 1. The number of hydrogen-bond donors (Lipinski definition) is 2. The van der Waals surface area contributed by atoms with Gasteiger partial charge in [0.2, 0.25) is 0 Å². The number of H-pyrrole nitrogens is 1. The molecule has 0 radical (unpaired) electrons. The third kappa shape index (κ3) is 2.38. The van der Waals surface area contributed by atoms with Crippen LogP contribution in [0.3, 0.4) is 0 Å². The molecular formula is C14H19N3O. The Labute approximate surface area is 107 Å². The van der Waals surface area contributed by atoms with E-state index in [1.54, 1.807) is 7.11 Å². The van der Waals surface area contributed by atoms with Gasteiger partial charge in [0.1, 0.15) is 11.6 Å². The van der Waals surface area contributed by atoms with E-state index < -0.39 is 0 Å². The van der Waals surface area contributed by atoms with Crippen molar-refractivity contribution < 1.29 is 4.74 Å². The fraction of sp³-hybridized carbons (Fsp3) is 0.357. The zero-order valence-corrected chi connectivity index (χ0v) is 11.0. The molecule has 0 spiro atoms. The van der Waals surface area contributed by atoms with Crippen LogP contribution in [0.4, 0.5) is 0 Å². The molecule has 0 fully saturated rings. The van der Waals surface area contributed by atoms with Crippen LogP contribution >= 0.6 is 0 Å². The van der Waals surface area contributed by atoms with Gasteiger partial charge < -0.3 is 15.5 Å². The Bertz CT molecular complexity index is 532. The summed E-state index contributed by atoms with van der Waals surface area (Å²) < 4.78 is 5.38. The molecule has 0 amide bonds. The van der Waals surface area contributed by atoms with Crippen molar-refractivity contribution in [2.24, 2.45) is 5.73 Å². The summed E-state index contributed by atoms with van der Waals surface area (Å²) >= 11 is 0. The summed E-state index contributed by atoms with van der Waals surface area (Å²) in [7, 11) is 1.70. The Morgan fingerprint density at radius 3 is 2.72 bits per heavy atom. The lowest BCUT2D eigenvalue weighted by Gasteiger charge is -2.13. The van der Waals surface area contributed by atoms with Crippen LogP contribution in [0, 0.1) is 0 Å². The predicted molar refractivity (Wildman–Crippen MR) is 72.6 cm³/mol.